The van der Waals surface area contributed by atoms with Crippen LogP contribution in [0.3, 0.4) is 0 Å². The third kappa shape index (κ3) is 2.68. The number of ether oxygens (including phenoxy) is 2. The number of hydrogen-bond donors (Lipinski definition) is 0. The van der Waals surface area contributed by atoms with E-state index in [0.717, 1.165) is 19.2 Å². The molecule has 0 radical (unpaired) electrons. The SMILES string of the molecule is COC(=O)Cc1c(F)ccc([N+](=O)[O-])c1OC. The molecule has 0 aromatic heterocycles. The molecular weight excluding hydrogens is 233 g/mol. The summed E-state index contributed by atoms with van der Waals surface area (Å²) in [4.78, 5) is 21.0. The van der Waals surface area contributed by atoms with Crippen LogP contribution >= 0.6 is 0 Å². The van der Waals surface area contributed by atoms with Gasteiger partial charge in [0.15, 0.2) is 0 Å². The van der Waals surface area contributed by atoms with Crippen molar-refractivity contribution in [3.05, 3.63) is 33.6 Å². The van der Waals surface area contributed by atoms with Crippen LogP contribution in [-0.2, 0) is 16.0 Å². The van der Waals surface area contributed by atoms with Crippen molar-refractivity contribution in [1.82, 2.24) is 0 Å². The van der Waals surface area contributed by atoms with Gasteiger partial charge >= 0.3 is 11.7 Å². The standard InChI is InChI=1S/C10H10FNO5/c1-16-9(13)5-6-7(11)3-4-8(12(14)15)10(6)17-2/h3-4H,5H2,1-2H3. The lowest BCUT2D eigenvalue weighted by Crippen LogP contribution is -2.09. The molecule has 1 rings (SSSR count). The summed E-state index contributed by atoms with van der Waals surface area (Å²) < 4.78 is 22.6. The average Bonchev–Trinajstić information content (AvgIpc) is 2.30. The second kappa shape index (κ2) is 5.24. The molecule has 0 saturated carbocycles. The van der Waals surface area contributed by atoms with Gasteiger partial charge in [-0.2, -0.15) is 0 Å². The predicted octanol–water partition coefficient (Wildman–Crippen LogP) is 1.46. The van der Waals surface area contributed by atoms with E-state index in [2.05, 4.69) is 4.74 Å². The van der Waals surface area contributed by atoms with E-state index in [4.69, 9.17) is 4.74 Å². The van der Waals surface area contributed by atoms with Crippen LogP contribution in [0.4, 0.5) is 10.1 Å². The molecule has 0 fully saturated rings. The maximum atomic E-state index is 13.5. The molecule has 0 bridgehead atoms. The van der Waals surface area contributed by atoms with Crippen molar-refractivity contribution in [2.75, 3.05) is 14.2 Å². The first-order valence-corrected chi connectivity index (χ1v) is 4.57. The summed E-state index contributed by atoms with van der Waals surface area (Å²) >= 11 is 0. The van der Waals surface area contributed by atoms with Crippen LogP contribution in [0.25, 0.3) is 0 Å². The van der Waals surface area contributed by atoms with E-state index in [1.807, 2.05) is 0 Å². The smallest absolute Gasteiger partial charge is 0.311 e. The van der Waals surface area contributed by atoms with Crippen LogP contribution in [0, 0.1) is 15.9 Å². The number of benzene rings is 1. The number of nitrogens with zero attached hydrogens (tertiary/aromatic N) is 1. The number of hydrogen-bond acceptors (Lipinski definition) is 5. The number of methoxy groups -OCH3 is 2. The molecule has 0 unspecified atom stereocenters. The summed E-state index contributed by atoms with van der Waals surface area (Å²) in [5.74, 6) is -1.72. The third-order valence-corrected chi connectivity index (χ3v) is 2.13. The van der Waals surface area contributed by atoms with Crippen molar-refractivity contribution in [1.29, 1.82) is 0 Å². The first kappa shape index (κ1) is 12.9. The molecule has 1 aromatic carbocycles. The Labute approximate surface area is 96.1 Å². The lowest BCUT2D eigenvalue weighted by molar-refractivity contribution is -0.385. The zero-order chi connectivity index (χ0) is 13.0. The van der Waals surface area contributed by atoms with Crippen molar-refractivity contribution < 1.29 is 23.6 Å². The van der Waals surface area contributed by atoms with Crippen LogP contribution in [0.2, 0.25) is 0 Å². The van der Waals surface area contributed by atoms with Crippen LogP contribution < -0.4 is 4.74 Å². The maximum Gasteiger partial charge on any atom is 0.311 e. The summed E-state index contributed by atoms with van der Waals surface area (Å²) in [7, 11) is 2.31. The van der Waals surface area contributed by atoms with Crippen LogP contribution in [0.5, 0.6) is 5.75 Å². The molecule has 0 aliphatic rings. The molecule has 0 heterocycles. The predicted molar refractivity (Wildman–Crippen MR) is 55.3 cm³/mol. The Hall–Kier alpha value is -2.18. The van der Waals surface area contributed by atoms with Crippen LogP contribution in [-0.4, -0.2) is 25.1 Å². The molecule has 0 N–H and O–H groups in total. The van der Waals surface area contributed by atoms with Crippen LogP contribution in [0.1, 0.15) is 5.56 Å². The van der Waals surface area contributed by atoms with Crippen molar-refractivity contribution in [2.24, 2.45) is 0 Å². The fourth-order valence-corrected chi connectivity index (χ4v) is 1.34. The summed E-state index contributed by atoms with van der Waals surface area (Å²) in [6.07, 6.45) is -0.423. The molecule has 7 heteroatoms. The Morgan fingerprint density at radius 2 is 2.12 bits per heavy atom. The molecule has 1 aromatic rings. The van der Waals surface area contributed by atoms with E-state index >= 15 is 0 Å². The molecule has 0 spiro atoms. The second-order valence-corrected chi connectivity index (χ2v) is 3.09. The zero-order valence-corrected chi connectivity index (χ0v) is 9.23. The van der Waals surface area contributed by atoms with Gasteiger partial charge in [0, 0.05) is 11.6 Å². The highest BCUT2D eigenvalue weighted by molar-refractivity contribution is 5.74. The second-order valence-electron chi connectivity index (χ2n) is 3.09. The Balaban J connectivity index is 3.30. The number of carbonyl (C=O) groups is 1. The largest absolute Gasteiger partial charge is 0.490 e. The lowest BCUT2D eigenvalue weighted by Gasteiger charge is -2.08. The molecule has 0 aliphatic heterocycles. The highest BCUT2D eigenvalue weighted by atomic mass is 19.1. The highest BCUT2D eigenvalue weighted by Gasteiger charge is 2.23. The summed E-state index contributed by atoms with van der Waals surface area (Å²) in [5.41, 5.74) is -0.582. The number of carbonyl (C=O) groups excluding carboxylic acids is 1. The first-order chi connectivity index (χ1) is 8.01. The molecule has 0 aliphatic carbocycles. The minimum absolute atomic E-state index is 0.187. The number of rotatable bonds is 4. The van der Waals surface area contributed by atoms with E-state index < -0.39 is 28.8 Å². The van der Waals surface area contributed by atoms with Gasteiger partial charge in [-0.05, 0) is 6.07 Å². The number of halogens is 1. The third-order valence-electron chi connectivity index (χ3n) is 2.13. The topological polar surface area (TPSA) is 78.7 Å². The van der Waals surface area contributed by atoms with Crippen molar-refractivity contribution in [3.63, 3.8) is 0 Å². The Kier molecular flexibility index (Phi) is 3.97. The van der Waals surface area contributed by atoms with Gasteiger partial charge in [0.1, 0.15) is 5.82 Å². The van der Waals surface area contributed by atoms with Gasteiger partial charge in [0.2, 0.25) is 5.75 Å². The molecule has 0 amide bonds. The van der Waals surface area contributed by atoms with E-state index in [1.54, 1.807) is 0 Å². The van der Waals surface area contributed by atoms with Gasteiger partial charge in [-0.25, -0.2) is 4.39 Å². The van der Waals surface area contributed by atoms with Crippen molar-refractivity contribution in [3.8, 4) is 5.75 Å². The van der Waals surface area contributed by atoms with Gasteiger partial charge in [-0.3, -0.25) is 14.9 Å². The summed E-state index contributed by atoms with van der Waals surface area (Å²) in [5, 5.41) is 10.7. The molecule has 17 heavy (non-hydrogen) atoms. The van der Waals surface area contributed by atoms with Gasteiger partial charge in [-0.1, -0.05) is 0 Å². The number of nitro benzene ring substituents is 1. The number of nitro groups is 1. The average molecular weight is 243 g/mol. The highest BCUT2D eigenvalue weighted by Crippen LogP contribution is 2.32. The maximum absolute atomic E-state index is 13.5. The number of esters is 1. The summed E-state index contributed by atoms with van der Waals surface area (Å²) in [6.45, 7) is 0. The van der Waals surface area contributed by atoms with Crippen LogP contribution in [0.15, 0.2) is 12.1 Å². The molecular formula is C10H10FNO5. The fraction of sp³-hybridized carbons (Fsp3) is 0.300. The molecule has 0 atom stereocenters. The van der Waals surface area contributed by atoms with Crippen molar-refractivity contribution >= 4 is 11.7 Å². The van der Waals surface area contributed by atoms with E-state index in [1.165, 1.54) is 7.11 Å². The summed E-state index contributed by atoms with van der Waals surface area (Å²) in [6, 6.07) is 1.90. The Bertz CT molecular complexity index is 460. The molecule has 6 nitrogen and oxygen atoms in total. The monoisotopic (exact) mass is 243 g/mol. The Morgan fingerprint density at radius 3 is 2.59 bits per heavy atom. The van der Waals surface area contributed by atoms with E-state index in [-0.39, 0.29) is 11.3 Å². The quantitative estimate of drug-likeness (QED) is 0.454. The minimum atomic E-state index is -0.752. The van der Waals surface area contributed by atoms with Gasteiger partial charge < -0.3 is 9.47 Å². The fourth-order valence-electron chi connectivity index (χ4n) is 1.34. The normalized spacial score (nSPS) is 9.82. The minimum Gasteiger partial charge on any atom is -0.490 e. The Morgan fingerprint density at radius 1 is 1.47 bits per heavy atom. The lowest BCUT2D eigenvalue weighted by atomic mass is 10.1. The zero-order valence-electron chi connectivity index (χ0n) is 9.23. The molecule has 0 saturated heterocycles. The van der Waals surface area contributed by atoms with E-state index in [9.17, 15) is 19.3 Å². The van der Waals surface area contributed by atoms with Gasteiger partial charge in [-0.15, -0.1) is 0 Å². The first-order valence-electron chi connectivity index (χ1n) is 4.57. The van der Waals surface area contributed by atoms with E-state index in [0.29, 0.717) is 0 Å². The molecule has 92 valence electrons. The van der Waals surface area contributed by atoms with Gasteiger partial charge in [0.25, 0.3) is 0 Å². The van der Waals surface area contributed by atoms with Gasteiger partial charge in [0.05, 0.1) is 25.6 Å². The van der Waals surface area contributed by atoms with Crippen molar-refractivity contribution in [2.45, 2.75) is 6.42 Å².